The van der Waals surface area contributed by atoms with E-state index >= 15 is 0 Å². The molecule has 0 N–H and O–H groups in total. The number of benzene rings is 4. The van der Waals surface area contributed by atoms with Gasteiger partial charge in [0.25, 0.3) is 0 Å². The second-order valence-corrected chi connectivity index (χ2v) is 7.83. The molecule has 0 aliphatic rings. The van der Waals surface area contributed by atoms with E-state index < -0.39 is 0 Å². The zero-order chi connectivity index (χ0) is 18.2. The Hall–Kier alpha value is -2.81. The molecule has 27 heavy (non-hydrogen) atoms. The first-order valence-corrected chi connectivity index (χ1v) is 10.0. The third kappa shape index (κ3) is 2.78. The molecule has 3 heteroatoms. The van der Waals surface area contributed by atoms with Gasteiger partial charge in [-0.25, -0.2) is 0 Å². The van der Waals surface area contributed by atoms with E-state index in [-0.39, 0.29) is 0 Å². The summed E-state index contributed by atoms with van der Waals surface area (Å²) in [5, 5.41) is 3.14. The third-order valence-electron chi connectivity index (χ3n) is 4.72. The lowest BCUT2D eigenvalue weighted by molar-refractivity contribution is 1.30. The molecule has 0 spiro atoms. The molecule has 0 saturated carbocycles. The molecule has 0 saturated heterocycles. The molecule has 5 rings (SSSR count). The smallest absolute Gasteiger partial charge is 0.0641 e. The van der Waals surface area contributed by atoms with Gasteiger partial charge in [-0.1, -0.05) is 66.2 Å². The van der Waals surface area contributed by atoms with Crippen molar-refractivity contribution in [2.75, 3.05) is 4.90 Å². The number of halogens is 1. The molecule has 130 valence electrons. The van der Waals surface area contributed by atoms with Gasteiger partial charge in [0.05, 0.1) is 15.4 Å². The fraction of sp³-hybridized carbons (Fsp3) is 0. The molecule has 4 aromatic carbocycles. The highest BCUT2D eigenvalue weighted by molar-refractivity contribution is 7.26. The predicted octanol–water partition coefficient (Wildman–Crippen LogP) is 8.18. The summed E-state index contributed by atoms with van der Waals surface area (Å²) >= 11 is 8.43. The largest absolute Gasteiger partial charge is 0.309 e. The number of para-hydroxylation sites is 2. The molecule has 0 bridgehead atoms. The van der Waals surface area contributed by atoms with Gasteiger partial charge in [-0.05, 0) is 42.5 Å². The lowest BCUT2D eigenvalue weighted by Crippen LogP contribution is -2.09. The van der Waals surface area contributed by atoms with Gasteiger partial charge in [-0.2, -0.15) is 0 Å². The molecule has 1 heterocycles. The minimum absolute atomic E-state index is 0.798. The van der Waals surface area contributed by atoms with Gasteiger partial charge >= 0.3 is 0 Å². The van der Waals surface area contributed by atoms with Gasteiger partial charge in [0.1, 0.15) is 0 Å². The van der Waals surface area contributed by atoms with Crippen molar-refractivity contribution in [3.63, 3.8) is 0 Å². The molecular weight excluding hydrogens is 370 g/mol. The number of anilines is 3. The van der Waals surface area contributed by atoms with E-state index in [1.165, 1.54) is 14.8 Å². The van der Waals surface area contributed by atoms with E-state index in [0.717, 1.165) is 27.5 Å². The summed E-state index contributed by atoms with van der Waals surface area (Å²) in [5.74, 6) is 0. The summed E-state index contributed by atoms with van der Waals surface area (Å²) in [6.45, 7) is 0. The molecule has 0 unspecified atom stereocenters. The highest BCUT2D eigenvalue weighted by Gasteiger charge is 2.19. The topological polar surface area (TPSA) is 3.24 Å². The van der Waals surface area contributed by atoms with Crippen LogP contribution in [-0.4, -0.2) is 0 Å². The monoisotopic (exact) mass is 385 g/mol. The van der Waals surface area contributed by atoms with Crippen LogP contribution in [0.1, 0.15) is 0 Å². The molecule has 0 aliphatic heterocycles. The number of hydrogen-bond acceptors (Lipinski definition) is 2. The van der Waals surface area contributed by atoms with Gasteiger partial charge in [0, 0.05) is 26.8 Å². The summed E-state index contributed by atoms with van der Waals surface area (Å²) in [6, 6.07) is 33.5. The van der Waals surface area contributed by atoms with Crippen LogP contribution >= 0.6 is 22.9 Å². The maximum Gasteiger partial charge on any atom is 0.0641 e. The molecule has 1 aromatic heterocycles. The van der Waals surface area contributed by atoms with Crippen LogP contribution in [0.25, 0.3) is 20.2 Å². The number of fused-ring (bicyclic) bond motifs is 3. The zero-order valence-electron chi connectivity index (χ0n) is 14.5. The molecular formula is C24H16ClNS. The number of hydrogen-bond donors (Lipinski definition) is 0. The lowest BCUT2D eigenvalue weighted by Gasteiger charge is -2.26. The second-order valence-electron chi connectivity index (χ2n) is 6.38. The average molecular weight is 386 g/mol. The fourth-order valence-corrected chi connectivity index (χ4v) is 5.08. The summed E-state index contributed by atoms with van der Waals surface area (Å²) in [5.41, 5.74) is 3.41. The lowest BCUT2D eigenvalue weighted by atomic mass is 10.1. The summed E-state index contributed by atoms with van der Waals surface area (Å²) in [4.78, 5) is 2.30. The Kier molecular flexibility index (Phi) is 4.08. The van der Waals surface area contributed by atoms with Crippen molar-refractivity contribution in [3.05, 3.63) is 102 Å². The maximum atomic E-state index is 6.63. The van der Waals surface area contributed by atoms with E-state index in [2.05, 4.69) is 83.8 Å². The third-order valence-corrected chi connectivity index (χ3v) is 6.23. The van der Waals surface area contributed by atoms with E-state index in [9.17, 15) is 0 Å². The molecule has 0 amide bonds. The Morgan fingerprint density at radius 1 is 0.630 bits per heavy atom. The molecule has 5 aromatic rings. The van der Waals surface area contributed by atoms with Crippen molar-refractivity contribution in [1.29, 1.82) is 0 Å². The van der Waals surface area contributed by atoms with Crippen molar-refractivity contribution in [2.24, 2.45) is 0 Å². The average Bonchev–Trinajstić information content (AvgIpc) is 3.12. The minimum Gasteiger partial charge on any atom is -0.309 e. The Morgan fingerprint density at radius 2 is 1.22 bits per heavy atom. The van der Waals surface area contributed by atoms with Crippen LogP contribution in [-0.2, 0) is 0 Å². The SMILES string of the molecule is Clc1ccc(N(c2ccccc2)c2ccccc2)c2sc3ccccc3c12. The Bertz CT molecular complexity index is 1190. The zero-order valence-corrected chi connectivity index (χ0v) is 16.0. The quantitative estimate of drug-likeness (QED) is 0.302. The van der Waals surface area contributed by atoms with Crippen molar-refractivity contribution in [2.45, 2.75) is 0 Å². The van der Waals surface area contributed by atoms with Crippen LogP contribution in [0, 0.1) is 0 Å². The van der Waals surface area contributed by atoms with Crippen molar-refractivity contribution in [1.82, 2.24) is 0 Å². The van der Waals surface area contributed by atoms with Gasteiger partial charge in [-0.15, -0.1) is 11.3 Å². The number of rotatable bonds is 3. The standard InChI is InChI=1S/C24H16ClNS/c25-20-15-16-21(24-23(20)19-13-7-8-14-22(19)27-24)26(17-9-3-1-4-10-17)18-11-5-2-6-12-18/h1-16H. The molecule has 0 aliphatic carbocycles. The van der Waals surface area contributed by atoms with E-state index in [1.54, 1.807) is 11.3 Å². The van der Waals surface area contributed by atoms with E-state index in [1.807, 2.05) is 18.2 Å². The molecule has 1 nitrogen and oxygen atoms in total. The highest BCUT2D eigenvalue weighted by atomic mass is 35.5. The van der Waals surface area contributed by atoms with Crippen LogP contribution < -0.4 is 4.90 Å². The maximum absolute atomic E-state index is 6.63. The first-order chi connectivity index (χ1) is 13.3. The van der Waals surface area contributed by atoms with Crippen LogP contribution in [0.5, 0.6) is 0 Å². The second kappa shape index (κ2) is 6.73. The van der Waals surface area contributed by atoms with Crippen molar-refractivity contribution >= 4 is 60.2 Å². The van der Waals surface area contributed by atoms with Crippen molar-refractivity contribution in [3.8, 4) is 0 Å². The van der Waals surface area contributed by atoms with E-state index in [0.29, 0.717) is 0 Å². The first kappa shape index (κ1) is 16.4. The number of nitrogens with zero attached hydrogens (tertiary/aromatic N) is 1. The van der Waals surface area contributed by atoms with Gasteiger partial charge in [0.15, 0.2) is 0 Å². The molecule has 0 fully saturated rings. The molecule has 0 radical (unpaired) electrons. The summed E-state index contributed by atoms with van der Waals surface area (Å²) in [6.07, 6.45) is 0. The Balaban J connectivity index is 1.85. The molecule has 0 atom stereocenters. The van der Waals surface area contributed by atoms with Gasteiger partial charge < -0.3 is 4.90 Å². The van der Waals surface area contributed by atoms with Crippen LogP contribution in [0.3, 0.4) is 0 Å². The summed E-state index contributed by atoms with van der Waals surface area (Å²) < 4.78 is 2.46. The van der Waals surface area contributed by atoms with Crippen molar-refractivity contribution < 1.29 is 0 Å². The highest BCUT2D eigenvalue weighted by Crippen LogP contribution is 2.46. The normalized spacial score (nSPS) is 11.1. The predicted molar refractivity (Wildman–Crippen MR) is 119 cm³/mol. The first-order valence-electron chi connectivity index (χ1n) is 8.83. The summed E-state index contributed by atoms with van der Waals surface area (Å²) in [7, 11) is 0. The van der Waals surface area contributed by atoms with Crippen LogP contribution in [0.15, 0.2) is 97.1 Å². The van der Waals surface area contributed by atoms with Gasteiger partial charge in [-0.3, -0.25) is 0 Å². The van der Waals surface area contributed by atoms with Crippen LogP contribution in [0.4, 0.5) is 17.1 Å². The minimum atomic E-state index is 0.798. The Labute approximate surface area is 167 Å². The van der Waals surface area contributed by atoms with Gasteiger partial charge in [0.2, 0.25) is 0 Å². The van der Waals surface area contributed by atoms with Crippen LogP contribution in [0.2, 0.25) is 5.02 Å². The fourth-order valence-electron chi connectivity index (χ4n) is 3.53. The van der Waals surface area contributed by atoms with E-state index in [4.69, 9.17) is 11.6 Å². The Morgan fingerprint density at radius 3 is 1.89 bits per heavy atom. The number of thiophene rings is 1.